The number of nitrogens with one attached hydrogen (secondary N) is 2. The fourth-order valence-electron chi connectivity index (χ4n) is 4.28. The lowest BCUT2D eigenvalue weighted by molar-refractivity contribution is -0.108. The van der Waals surface area contributed by atoms with Crippen LogP contribution in [0.5, 0.6) is 0 Å². The molecule has 6 heteroatoms. The maximum Gasteiger partial charge on any atom is 0.315 e. The third kappa shape index (κ3) is 3.51. The molecule has 0 bridgehead atoms. The van der Waals surface area contributed by atoms with Crippen molar-refractivity contribution in [2.75, 3.05) is 27.2 Å². The van der Waals surface area contributed by atoms with Gasteiger partial charge in [-0.2, -0.15) is 0 Å². The number of hydrogen-bond donors (Lipinski definition) is 2. The van der Waals surface area contributed by atoms with Crippen molar-refractivity contribution in [2.45, 2.75) is 38.5 Å². The molecule has 4 unspecified atom stereocenters. The van der Waals surface area contributed by atoms with E-state index in [4.69, 9.17) is 4.74 Å². The van der Waals surface area contributed by atoms with Crippen LogP contribution in [0.25, 0.3) is 0 Å². The number of amides is 2. The van der Waals surface area contributed by atoms with Crippen LogP contribution in [0.4, 0.5) is 9.18 Å². The molecular formula is C19H28FN3O2. The van der Waals surface area contributed by atoms with Crippen LogP contribution in [0.15, 0.2) is 24.3 Å². The maximum atomic E-state index is 13.1. The summed E-state index contributed by atoms with van der Waals surface area (Å²) in [6.45, 7) is 5.53. The number of halogens is 1. The maximum absolute atomic E-state index is 13.1. The van der Waals surface area contributed by atoms with Crippen LogP contribution < -0.4 is 10.6 Å². The van der Waals surface area contributed by atoms with Crippen molar-refractivity contribution in [3.63, 3.8) is 0 Å². The average molecular weight is 349 g/mol. The van der Waals surface area contributed by atoms with Gasteiger partial charge in [-0.3, -0.25) is 0 Å². The number of urea groups is 1. The number of rotatable bonds is 5. The third-order valence-electron chi connectivity index (χ3n) is 5.72. The molecule has 1 heterocycles. The molecule has 1 aromatic rings. The second kappa shape index (κ2) is 6.92. The summed E-state index contributed by atoms with van der Waals surface area (Å²) in [6.07, 6.45) is 1.26. The smallest absolute Gasteiger partial charge is 0.315 e. The third-order valence-corrected chi connectivity index (χ3v) is 5.72. The van der Waals surface area contributed by atoms with Gasteiger partial charge < -0.3 is 20.3 Å². The van der Waals surface area contributed by atoms with E-state index < -0.39 is 0 Å². The summed E-state index contributed by atoms with van der Waals surface area (Å²) in [6, 6.07) is 6.39. The molecule has 4 atom stereocenters. The first kappa shape index (κ1) is 18.1. The molecule has 5 nitrogen and oxygen atoms in total. The van der Waals surface area contributed by atoms with Crippen LogP contribution >= 0.6 is 0 Å². The highest BCUT2D eigenvalue weighted by Gasteiger charge is 2.59. The van der Waals surface area contributed by atoms with Crippen molar-refractivity contribution >= 4 is 6.03 Å². The molecule has 1 aliphatic heterocycles. The minimum absolute atomic E-state index is 0.0108. The van der Waals surface area contributed by atoms with E-state index in [1.165, 1.54) is 12.1 Å². The van der Waals surface area contributed by atoms with E-state index in [-0.39, 0.29) is 35.5 Å². The average Bonchev–Trinajstić information content (AvgIpc) is 3.01. The molecule has 2 amide bonds. The number of carbonyl (C=O) groups excluding carboxylic acids is 1. The second-order valence-electron chi connectivity index (χ2n) is 7.93. The largest absolute Gasteiger partial charge is 0.377 e. The first-order valence-electron chi connectivity index (χ1n) is 8.88. The Morgan fingerprint density at radius 1 is 1.36 bits per heavy atom. The highest BCUT2D eigenvalue weighted by atomic mass is 19.1. The van der Waals surface area contributed by atoms with Crippen molar-refractivity contribution in [2.24, 2.45) is 11.3 Å². The minimum atomic E-state index is -0.257. The van der Waals surface area contributed by atoms with Crippen molar-refractivity contribution in [1.29, 1.82) is 0 Å². The van der Waals surface area contributed by atoms with Crippen LogP contribution in [0.1, 0.15) is 31.9 Å². The zero-order valence-corrected chi connectivity index (χ0v) is 15.4. The summed E-state index contributed by atoms with van der Waals surface area (Å²) in [5.74, 6) is 0.162. The lowest BCUT2D eigenvalue weighted by atomic mass is 9.57. The summed E-state index contributed by atoms with van der Waals surface area (Å²) < 4.78 is 18.9. The Balaban J connectivity index is 1.56. The molecule has 3 rings (SSSR count). The molecule has 0 spiro atoms. The van der Waals surface area contributed by atoms with Gasteiger partial charge in [0, 0.05) is 30.5 Å². The van der Waals surface area contributed by atoms with Crippen LogP contribution in [0, 0.1) is 17.2 Å². The van der Waals surface area contributed by atoms with Gasteiger partial charge in [0.25, 0.3) is 0 Å². The normalized spacial score (nSPS) is 28.2. The number of benzene rings is 1. The summed E-state index contributed by atoms with van der Waals surface area (Å²) in [5, 5.41) is 6.09. The molecule has 1 saturated carbocycles. The van der Waals surface area contributed by atoms with Gasteiger partial charge in [0.2, 0.25) is 0 Å². The Morgan fingerprint density at radius 3 is 2.68 bits per heavy atom. The number of likely N-dealkylation sites (N-methyl/N-ethyl adjacent to an activating group) is 1. The van der Waals surface area contributed by atoms with Crippen molar-refractivity contribution < 1.29 is 13.9 Å². The molecule has 2 aliphatic rings. The number of carbonyl (C=O) groups is 1. The van der Waals surface area contributed by atoms with Gasteiger partial charge in [-0.1, -0.05) is 26.0 Å². The summed E-state index contributed by atoms with van der Waals surface area (Å²) in [4.78, 5) is 14.4. The Hall–Kier alpha value is -1.66. The topological polar surface area (TPSA) is 53.6 Å². The van der Waals surface area contributed by atoms with E-state index in [9.17, 15) is 9.18 Å². The predicted molar refractivity (Wildman–Crippen MR) is 94.8 cm³/mol. The van der Waals surface area contributed by atoms with Crippen LogP contribution in [0.2, 0.25) is 0 Å². The van der Waals surface area contributed by atoms with Gasteiger partial charge in [0.1, 0.15) is 5.82 Å². The van der Waals surface area contributed by atoms with Gasteiger partial charge in [0.15, 0.2) is 0 Å². The molecule has 1 saturated heterocycles. The molecule has 25 heavy (non-hydrogen) atoms. The summed E-state index contributed by atoms with van der Waals surface area (Å²) >= 11 is 0. The fraction of sp³-hybridized carbons (Fsp3) is 0.632. The molecule has 2 fully saturated rings. The van der Waals surface area contributed by atoms with E-state index in [1.807, 2.05) is 19.0 Å². The molecule has 2 N–H and O–H groups in total. The quantitative estimate of drug-likeness (QED) is 0.859. The van der Waals surface area contributed by atoms with E-state index in [0.717, 1.165) is 18.6 Å². The Morgan fingerprint density at radius 2 is 2.04 bits per heavy atom. The molecule has 1 aromatic carbocycles. The zero-order chi connectivity index (χ0) is 18.2. The van der Waals surface area contributed by atoms with Crippen molar-refractivity contribution in [3.05, 3.63) is 35.6 Å². The first-order valence-corrected chi connectivity index (χ1v) is 8.88. The monoisotopic (exact) mass is 349 g/mol. The molecule has 0 aromatic heterocycles. The molecular weight excluding hydrogens is 321 g/mol. The molecule has 0 radical (unpaired) electrons. The number of ether oxygens (including phenoxy) is 1. The number of nitrogens with zero attached hydrogens (tertiary/aromatic N) is 1. The van der Waals surface area contributed by atoms with Crippen LogP contribution in [-0.4, -0.2) is 50.3 Å². The second-order valence-corrected chi connectivity index (χ2v) is 7.93. The van der Waals surface area contributed by atoms with Gasteiger partial charge in [-0.25, -0.2) is 9.18 Å². The van der Waals surface area contributed by atoms with Crippen LogP contribution in [0.3, 0.4) is 0 Å². The van der Waals surface area contributed by atoms with Gasteiger partial charge in [-0.15, -0.1) is 0 Å². The van der Waals surface area contributed by atoms with Gasteiger partial charge >= 0.3 is 6.03 Å². The first-order chi connectivity index (χ1) is 11.8. The Bertz CT molecular complexity index is 618. The highest BCUT2D eigenvalue weighted by molar-refractivity contribution is 5.74. The standard InChI is InChI=1S/C19H28FN3O2/c1-19(2)16(14-9-10-25-17(14)19)22-18(24)21-11-15(23(3)4)12-5-7-13(20)8-6-12/h5-8,14-17H,9-11H2,1-4H3,(H2,21,22,24). The Labute approximate surface area is 148 Å². The van der Waals surface area contributed by atoms with E-state index in [1.54, 1.807) is 12.1 Å². The van der Waals surface area contributed by atoms with E-state index in [2.05, 4.69) is 24.5 Å². The van der Waals surface area contributed by atoms with Crippen LogP contribution in [-0.2, 0) is 4.74 Å². The zero-order valence-electron chi connectivity index (χ0n) is 15.4. The summed E-state index contributed by atoms with van der Waals surface area (Å²) in [5.41, 5.74) is 0.941. The highest BCUT2D eigenvalue weighted by Crippen LogP contribution is 2.52. The lowest BCUT2D eigenvalue weighted by Crippen LogP contribution is -2.67. The summed E-state index contributed by atoms with van der Waals surface area (Å²) in [7, 11) is 3.90. The predicted octanol–water partition coefficient (Wildman–Crippen LogP) is 2.54. The van der Waals surface area contributed by atoms with Gasteiger partial charge in [0.05, 0.1) is 12.1 Å². The van der Waals surface area contributed by atoms with Gasteiger partial charge in [-0.05, 0) is 38.2 Å². The number of fused-ring (bicyclic) bond motifs is 1. The SMILES string of the molecule is CN(C)C(CNC(=O)NC1C2CCOC2C1(C)C)c1ccc(F)cc1. The Kier molecular flexibility index (Phi) is 5.02. The lowest BCUT2D eigenvalue weighted by Gasteiger charge is -2.54. The number of hydrogen-bond acceptors (Lipinski definition) is 3. The fourth-order valence-corrected chi connectivity index (χ4v) is 4.28. The van der Waals surface area contributed by atoms with E-state index in [0.29, 0.717) is 12.5 Å². The van der Waals surface area contributed by atoms with Crippen molar-refractivity contribution in [3.8, 4) is 0 Å². The molecule has 1 aliphatic carbocycles. The van der Waals surface area contributed by atoms with E-state index >= 15 is 0 Å². The minimum Gasteiger partial charge on any atom is -0.377 e. The van der Waals surface area contributed by atoms with Crippen molar-refractivity contribution in [1.82, 2.24) is 15.5 Å². The molecule has 138 valence electrons.